The van der Waals surface area contributed by atoms with Crippen molar-refractivity contribution in [1.82, 2.24) is 10.2 Å². The first-order valence-corrected chi connectivity index (χ1v) is 11.7. The van der Waals surface area contributed by atoms with Crippen LogP contribution in [0, 0.1) is 0 Å². The van der Waals surface area contributed by atoms with Crippen LogP contribution in [0.5, 0.6) is 0 Å². The number of benzene rings is 2. The quantitative estimate of drug-likeness (QED) is 0.530. The molecule has 0 spiro atoms. The molecule has 0 aromatic heterocycles. The van der Waals surface area contributed by atoms with E-state index in [0.717, 1.165) is 24.6 Å². The molecule has 4 rings (SSSR count). The number of nitrogens with zero attached hydrogens (tertiary/aromatic N) is 1. The van der Waals surface area contributed by atoms with Crippen molar-refractivity contribution in [1.29, 1.82) is 0 Å². The van der Waals surface area contributed by atoms with Gasteiger partial charge >= 0.3 is 5.97 Å². The molecule has 2 heterocycles. The summed E-state index contributed by atoms with van der Waals surface area (Å²) >= 11 is 1.13. The number of thioether (sulfide) groups is 1. The zero-order chi connectivity index (χ0) is 23.7. The number of anilines is 1. The minimum Gasteiger partial charge on any atom is -0.480 e. The lowest BCUT2D eigenvalue weighted by Crippen LogP contribution is -2.51. The Morgan fingerprint density at radius 3 is 2.55 bits per heavy atom. The summed E-state index contributed by atoms with van der Waals surface area (Å²) in [5, 5.41) is 14.6. The van der Waals surface area contributed by atoms with E-state index in [1.54, 1.807) is 30.3 Å². The number of amides is 4. The number of carbonyl (C=O) groups excluding carboxylic acids is 4. The summed E-state index contributed by atoms with van der Waals surface area (Å²) in [5.41, 5.74) is 1.26. The molecule has 0 radical (unpaired) electrons. The summed E-state index contributed by atoms with van der Waals surface area (Å²) in [7, 11) is 0. The Hall–Kier alpha value is -3.40. The van der Waals surface area contributed by atoms with Gasteiger partial charge in [-0.05, 0) is 24.6 Å². The third-order valence-electron chi connectivity index (χ3n) is 5.74. The van der Waals surface area contributed by atoms with E-state index in [0.29, 0.717) is 34.1 Å². The van der Waals surface area contributed by atoms with Gasteiger partial charge in [0.1, 0.15) is 6.04 Å². The highest BCUT2D eigenvalue weighted by atomic mass is 32.2. The number of carboxylic acids is 1. The number of carbonyl (C=O) groups is 5. The lowest BCUT2D eigenvalue weighted by atomic mass is 9.93. The third-order valence-corrected chi connectivity index (χ3v) is 7.05. The van der Waals surface area contributed by atoms with Crippen LogP contribution < -0.4 is 10.6 Å². The van der Waals surface area contributed by atoms with E-state index in [1.165, 1.54) is 4.90 Å². The molecular weight excluding hydrogens is 446 g/mol. The number of aliphatic carboxylic acids is 1. The topological polar surface area (TPSA) is 133 Å². The van der Waals surface area contributed by atoms with Crippen LogP contribution in [-0.4, -0.2) is 63.2 Å². The van der Waals surface area contributed by atoms with Gasteiger partial charge in [0.15, 0.2) is 0 Å². The molecule has 1 saturated heterocycles. The molecule has 2 aromatic rings. The van der Waals surface area contributed by atoms with Gasteiger partial charge in [-0.3, -0.25) is 24.1 Å². The Morgan fingerprint density at radius 2 is 1.88 bits per heavy atom. The van der Waals surface area contributed by atoms with Gasteiger partial charge in [0, 0.05) is 46.3 Å². The molecule has 0 unspecified atom stereocenters. The fraction of sp³-hybridized carbons (Fsp3) is 0.348. The molecule has 0 aliphatic carbocycles. The lowest BCUT2D eigenvalue weighted by Gasteiger charge is -2.28. The van der Waals surface area contributed by atoms with Crippen LogP contribution in [-0.2, 0) is 14.4 Å². The van der Waals surface area contributed by atoms with Crippen molar-refractivity contribution in [2.24, 2.45) is 0 Å². The Kier molecular flexibility index (Phi) is 6.37. The van der Waals surface area contributed by atoms with E-state index in [-0.39, 0.29) is 24.0 Å². The van der Waals surface area contributed by atoms with Crippen molar-refractivity contribution in [3.05, 3.63) is 41.5 Å². The molecule has 0 bridgehead atoms. The predicted octanol–water partition coefficient (Wildman–Crippen LogP) is 2.25. The highest BCUT2D eigenvalue weighted by Crippen LogP contribution is 2.35. The lowest BCUT2D eigenvalue weighted by molar-refractivity contribution is -0.141. The van der Waals surface area contributed by atoms with Gasteiger partial charge in [-0.15, -0.1) is 11.8 Å². The second-order valence-corrected chi connectivity index (χ2v) is 9.21. The molecule has 172 valence electrons. The van der Waals surface area contributed by atoms with Gasteiger partial charge in [0.25, 0.3) is 11.8 Å². The number of carboxylic acid groups (broad SMARTS) is 1. The molecule has 0 saturated carbocycles. The first kappa shape index (κ1) is 22.8. The predicted molar refractivity (Wildman–Crippen MR) is 123 cm³/mol. The summed E-state index contributed by atoms with van der Waals surface area (Å²) in [6.07, 6.45) is 1.44. The van der Waals surface area contributed by atoms with Crippen LogP contribution in [0.4, 0.5) is 5.69 Å². The molecule has 2 atom stereocenters. The standard InChI is InChI=1S/C23H23N3O6S/c1-2-3-9-26-21(29)13-6-4-5-12-15(8-7-14(19(12)13)22(26)30)24-18(27)10-17-20(28)25-16(11-33-17)23(31)32/h4-8,16-17H,2-3,9-11H2,1H3,(H,24,27)(H,25,28)(H,31,32)/t16-,17+/m0/s1. The highest BCUT2D eigenvalue weighted by molar-refractivity contribution is 8.00. The zero-order valence-electron chi connectivity index (χ0n) is 17.9. The molecular formula is C23H23N3O6S. The Balaban J connectivity index is 1.56. The van der Waals surface area contributed by atoms with E-state index in [9.17, 15) is 24.0 Å². The molecule has 2 aromatic carbocycles. The van der Waals surface area contributed by atoms with Gasteiger partial charge in [0.05, 0.1) is 5.25 Å². The maximum absolute atomic E-state index is 13.0. The number of hydrogen-bond donors (Lipinski definition) is 3. The van der Waals surface area contributed by atoms with Crippen molar-refractivity contribution < 1.29 is 29.1 Å². The van der Waals surface area contributed by atoms with Gasteiger partial charge in [-0.1, -0.05) is 25.5 Å². The average molecular weight is 470 g/mol. The van der Waals surface area contributed by atoms with Crippen LogP contribution >= 0.6 is 11.8 Å². The van der Waals surface area contributed by atoms with Gasteiger partial charge in [-0.2, -0.15) is 0 Å². The molecule has 1 fully saturated rings. The van der Waals surface area contributed by atoms with E-state index < -0.39 is 29.1 Å². The minimum absolute atomic E-state index is 0.131. The summed E-state index contributed by atoms with van der Waals surface area (Å²) in [5.74, 6) is -2.54. The van der Waals surface area contributed by atoms with Crippen molar-refractivity contribution in [2.75, 3.05) is 17.6 Å². The van der Waals surface area contributed by atoms with Crippen molar-refractivity contribution in [3.63, 3.8) is 0 Å². The van der Waals surface area contributed by atoms with Crippen molar-refractivity contribution >= 4 is 57.8 Å². The van der Waals surface area contributed by atoms with Gasteiger partial charge in [-0.25, -0.2) is 4.79 Å². The second kappa shape index (κ2) is 9.22. The van der Waals surface area contributed by atoms with Gasteiger partial charge in [0.2, 0.25) is 11.8 Å². The largest absolute Gasteiger partial charge is 0.480 e. The summed E-state index contributed by atoms with van der Waals surface area (Å²) in [4.78, 5) is 63.1. The normalized spacial score (nSPS) is 20.0. The number of unbranched alkanes of at least 4 members (excludes halogenated alkanes) is 1. The minimum atomic E-state index is -1.11. The van der Waals surface area contributed by atoms with Crippen molar-refractivity contribution in [2.45, 2.75) is 37.5 Å². The van der Waals surface area contributed by atoms with E-state index in [4.69, 9.17) is 5.11 Å². The molecule has 4 amide bonds. The highest BCUT2D eigenvalue weighted by Gasteiger charge is 2.35. The van der Waals surface area contributed by atoms with E-state index in [2.05, 4.69) is 10.6 Å². The Morgan fingerprint density at radius 1 is 1.15 bits per heavy atom. The second-order valence-electron chi connectivity index (χ2n) is 7.98. The maximum atomic E-state index is 13.0. The monoisotopic (exact) mass is 469 g/mol. The summed E-state index contributed by atoms with van der Waals surface area (Å²) in [6.45, 7) is 2.34. The average Bonchev–Trinajstić information content (AvgIpc) is 2.79. The molecule has 10 heteroatoms. The molecule has 3 N–H and O–H groups in total. The SMILES string of the molecule is CCCCN1C(=O)c2cccc3c(NC(=O)C[C@H]4SC[C@@H](C(=O)O)NC4=O)ccc(c23)C1=O. The first-order chi connectivity index (χ1) is 15.8. The summed E-state index contributed by atoms with van der Waals surface area (Å²) in [6, 6.07) is 7.38. The number of hydrogen-bond acceptors (Lipinski definition) is 6. The van der Waals surface area contributed by atoms with E-state index in [1.807, 2.05) is 6.92 Å². The molecule has 9 nitrogen and oxygen atoms in total. The van der Waals surface area contributed by atoms with Crippen molar-refractivity contribution in [3.8, 4) is 0 Å². The number of imide groups is 1. The Labute approximate surface area is 193 Å². The maximum Gasteiger partial charge on any atom is 0.327 e. The van der Waals surface area contributed by atoms with Crippen LogP contribution in [0.1, 0.15) is 46.9 Å². The molecule has 33 heavy (non-hydrogen) atoms. The third kappa shape index (κ3) is 4.30. The van der Waals surface area contributed by atoms with Gasteiger partial charge < -0.3 is 15.7 Å². The fourth-order valence-electron chi connectivity index (χ4n) is 4.02. The molecule has 2 aliphatic heterocycles. The fourth-order valence-corrected chi connectivity index (χ4v) is 5.16. The Bertz CT molecular complexity index is 1160. The first-order valence-electron chi connectivity index (χ1n) is 10.7. The summed E-state index contributed by atoms with van der Waals surface area (Å²) < 4.78 is 0. The van der Waals surface area contributed by atoms with Crippen LogP contribution in [0.25, 0.3) is 10.8 Å². The van der Waals surface area contributed by atoms with Crippen LogP contribution in [0.3, 0.4) is 0 Å². The van der Waals surface area contributed by atoms with Crippen LogP contribution in [0.15, 0.2) is 30.3 Å². The zero-order valence-corrected chi connectivity index (χ0v) is 18.7. The number of rotatable bonds is 7. The molecule has 2 aliphatic rings. The smallest absolute Gasteiger partial charge is 0.327 e. The number of nitrogens with one attached hydrogen (secondary N) is 2. The van der Waals surface area contributed by atoms with E-state index >= 15 is 0 Å². The van der Waals surface area contributed by atoms with Crippen LogP contribution in [0.2, 0.25) is 0 Å².